The number of aryl methyl sites for hydroxylation is 1. The molecule has 1 aromatic carbocycles. The molecule has 2 aromatic rings. The molecule has 0 radical (unpaired) electrons. The van der Waals surface area contributed by atoms with E-state index in [1.165, 1.54) is 0 Å². The third-order valence-corrected chi connectivity index (χ3v) is 3.92. The Bertz CT molecular complexity index is 684. The molecule has 0 N–H and O–H groups in total. The summed E-state index contributed by atoms with van der Waals surface area (Å²) in [5.74, 6) is 1.20. The lowest BCUT2D eigenvalue weighted by atomic mass is 10.1. The maximum absolute atomic E-state index is 6.18. The van der Waals surface area contributed by atoms with Crippen LogP contribution in [-0.2, 0) is 6.42 Å². The van der Waals surface area contributed by atoms with E-state index < -0.39 is 0 Å². The van der Waals surface area contributed by atoms with Crippen LogP contribution in [0.15, 0.2) is 12.1 Å². The minimum absolute atomic E-state index is 0.234. The SMILES string of the molecule is Cc1cc(Cl)c(Oc2nnc(Cl)c3c2CCCO3)c(Cl)c1. The molecule has 0 saturated carbocycles. The average molecular weight is 346 g/mol. The van der Waals surface area contributed by atoms with Crippen molar-refractivity contribution in [3.05, 3.63) is 38.5 Å². The number of fused-ring (bicyclic) bond motifs is 1. The van der Waals surface area contributed by atoms with E-state index in [1.807, 2.05) is 6.92 Å². The molecular formula is C14H11Cl3N2O2. The number of rotatable bonds is 2. The molecule has 0 fully saturated rings. The van der Waals surface area contributed by atoms with Crippen LogP contribution in [0.2, 0.25) is 15.2 Å². The van der Waals surface area contributed by atoms with E-state index in [0.29, 0.717) is 34.0 Å². The van der Waals surface area contributed by atoms with E-state index in [4.69, 9.17) is 44.3 Å². The van der Waals surface area contributed by atoms with Crippen molar-refractivity contribution in [3.8, 4) is 17.4 Å². The number of halogens is 3. The molecule has 2 heterocycles. The maximum atomic E-state index is 6.18. The normalized spacial score (nSPS) is 13.5. The van der Waals surface area contributed by atoms with Gasteiger partial charge in [-0.25, -0.2) is 0 Å². The lowest BCUT2D eigenvalue weighted by Gasteiger charge is -2.20. The summed E-state index contributed by atoms with van der Waals surface area (Å²) >= 11 is 18.4. The Morgan fingerprint density at radius 3 is 2.57 bits per heavy atom. The summed E-state index contributed by atoms with van der Waals surface area (Å²) in [5, 5.41) is 8.91. The zero-order valence-corrected chi connectivity index (χ0v) is 13.4. The first-order valence-corrected chi connectivity index (χ1v) is 7.51. The molecule has 1 aliphatic rings. The van der Waals surface area contributed by atoms with Crippen molar-refractivity contribution in [2.24, 2.45) is 0 Å². The zero-order chi connectivity index (χ0) is 15.0. The van der Waals surface area contributed by atoms with E-state index in [0.717, 1.165) is 24.0 Å². The second-order valence-electron chi connectivity index (χ2n) is 4.72. The van der Waals surface area contributed by atoms with Gasteiger partial charge in [-0.15, -0.1) is 10.2 Å². The smallest absolute Gasteiger partial charge is 0.246 e. The van der Waals surface area contributed by atoms with Crippen LogP contribution < -0.4 is 9.47 Å². The van der Waals surface area contributed by atoms with Gasteiger partial charge in [-0.05, 0) is 37.5 Å². The Morgan fingerprint density at radius 2 is 1.86 bits per heavy atom. The molecule has 7 heteroatoms. The highest BCUT2D eigenvalue weighted by molar-refractivity contribution is 6.37. The van der Waals surface area contributed by atoms with E-state index in [2.05, 4.69) is 10.2 Å². The fourth-order valence-electron chi connectivity index (χ4n) is 2.17. The Hall–Kier alpha value is -1.23. The second-order valence-corrected chi connectivity index (χ2v) is 5.89. The first kappa shape index (κ1) is 14.7. The Balaban J connectivity index is 2.03. The van der Waals surface area contributed by atoms with E-state index >= 15 is 0 Å². The second kappa shape index (κ2) is 5.87. The highest BCUT2D eigenvalue weighted by atomic mass is 35.5. The summed E-state index contributed by atoms with van der Waals surface area (Å²) in [7, 11) is 0. The minimum Gasteiger partial charge on any atom is -0.490 e. The van der Waals surface area contributed by atoms with Gasteiger partial charge in [0.15, 0.2) is 16.7 Å². The Kier molecular flexibility index (Phi) is 4.11. The van der Waals surface area contributed by atoms with Crippen LogP contribution in [0.5, 0.6) is 17.4 Å². The number of hydrogen-bond donors (Lipinski definition) is 0. The molecular weight excluding hydrogens is 335 g/mol. The molecule has 0 unspecified atom stereocenters. The van der Waals surface area contributed by atoms with Crippen LogP contribution in [-0.4, -0.2) is 16.8 Å². The topological polar surface area (TPSA) is 44.2 Å². The molecule has 110 valence electrons. The van der Waals surface area contributed by atoms with Crippen LogP contribution >= 0.6 is 34.8 Å². The van der Waals surface area contributed by atoms with Gasteiger partial charge in [0.25, 0.3) is 0 Å². The molecule has 0 aliphatic carbocycles. The monoisotopic (exact) mass is 344 g/mol. The highest BCUT2D eigenvalue weighted by Crippen LogP contribution is 2.41. The number of nitrogens with zero attached hydrogens (tertiary/aromatic N) is 2. The van der Waals surface area contributed by atoms with Crippen molar-refractivity contribution in [1.29, 1.82) is 0 Å². The van der Waals surface area contributed by atoms with Crippen LogP contribution in [0.4, 0.5) is 0 Å². The van der Waals surface area contributed by atoms with Gasteiger partial charge < -0.3 is 9.47 Å². The third-order valence-electron chi connectivity index (χ3n) is 3.11. The summed E-state index contributed by atoms with van der Waals surface area (Å²) in [6.45, 7) is 2.50. The molecule has 0 amide bonds. The number of hydrogen-bond acceptors (Lipinski definition) is 4. The van der Waals surface area contributed by atoms with Crippen molar-refractivity contribution in [2.45, 2.75) is 19.8 Å². The van der Waals surface area contributed by atoms with Crippen LogP contribution in [0.1, 0.15) is 17.5 Å². The lowest BCUT2D eigenvalue weighted by Crippen LogP contribution is -2.12. The van der Waals surface area contributed by atoms with Gasteiger partial charge in [0.2, 0.25) is 5.88 Å². The van der Waals surface area contributed by atoms with Crippen LogP contribution in [0.25, 0.3) is 0 Å². The first-order valence-electron chi connectivity index (χ1n) is 6.37. The summed E-state index contributed by atoms with van der Waals surface area (Å²) < 4.78 is 11.3. The summed E-state index contributed by atoms with van der Waals surface area (Å²) in [5.41, 5.74) is 1.74. The summed E-state index contributed by atoms with van der Waals surface area (Å²) in [6.07, 6.45) is 1.61. The molecule has 1 aliphatic heterocycles. The molecule has 0 saturated heterocycles. The molecule has 21 heavy (non-hydrogen) atoms. The van der Waals surface area contributed by atoms with Crippen LogP contribution in [0, 0.1) is 6.92 Å². The summed E-state index contributed by atoms with van der Waals surface area (Å²) in [4.78, 5) is 0. The van der Waals surface area contributed by atoms with Crippen molar-refractivity contribution < 1.29 is 9.47 Å². The highest BCUT2D eigenvalue weighted by Gasteiger charge is 2.23. The minimum atomic E-state index is 0.234. The molecule has 0 spiro atoms. The van der Waals surface area contributed by atoms with E-state index in [9.17, 15) is 0 Å². The van der Waals surface area contributed by atoms with Gasteiger partial charge in [-0.1, -0.05) is 34.8 Å². The van der Waals surface area contributed by atoms with Crippen LogP contribution in [0.3, 0.4) is 0 Å². The molecule has 0 bridgehead atoms. The Labute approximate surface area is 136 Å². The fraction of sp³-hybridized carbons (Fsp3) is 0.286. The molecule has 1 aromatic heterocycles. The standard InChI is InChI=1S/C14H11Cl3N2O2/c1-7-5-9(15)12(10(16)6-7)21-14-8-3-2-4-20-11(8)13(17)18-19-14/h5-6H,2-4H2,1H3. The van der Waals surface area contributed by atoms with Gasteiger partial charge in [0.1, 0.15) is 0 Å². The molecule has 3 rings (SSSR count). The quantitative estimate of drug-likeness (QED) is 0.779. The van der Waals surface area contributed by atoms with Crippen molar-refractivity contribution in [3.63, 3.8) is 0 Å². The van der Waals surface area contributed by atoms with Crippen molar-refractivity contribution in [2.75, 3.05) is 6.61 Å². The molecule has 0 atom stereocenters. The lowest BCUT2D eigenvalue weighted by molar-refractivity contribution is 0.280. The Morgan fingerprint density at radius 1 is 1.14 bits per heavy atom. The van der Waals surface area contributed by atoms with Crippen molar-refractivity contribution >= 4 is 34.8 Å². The number of ether oxygens (including phenoxy) is 2. The first-order chi connectivity index (χ1) is 10.1. The maximum Gasteiger partial charge on any atom is 0.246 e. The molecule has 4 nitrogen and oxygen atoms in total. The summed E-state index contributed by atoms with van der Waals surface area (Å²) in [6, 6.07) is 3.55. The van der Waals surface area contributed by atoms with Crippen molar-refractivity contribution in [1.82, 2.24) is 10.2 Å². The van der Waals surface area contributed by atoms with Gasteiger partial charge >= 0.3 is 0 Å². The fourth-order valence-corrected chi connectivity index (χ4v) is 3.05. The number of aromatic nitrogens is 2. The van der Waals surface area contributed by atoms with E-state index in [-0.39, 0.29) is 5.15 Å². The van der Waals surface area contributed by atoms with Gasteiger partial charge in [-0.2, -0.15) is 0 Å². The predicted molar refractivity (Wildman–Crippen MR) is 82.1 cm³/mol. The number of benzene rings is 1. The van der Waals surface area contributed by atoms with Gasteiger partial charge in [0, 0.05) is 0 Å². The van der Waals surface area contributed by atoms with Gasteiger partial charge in [0.05, 0.1) is 22.2 Å². The zero-order valence-electron chi connectivity index (χ0n) is 11.1. The third kappa shape index (κ3) is 2.89. The average Bonchev–Trinajstić information content (AvgIpc) is 2.45. The van der Waals surface area contributed by atoms with E-state index in [1.54, 1.807) is 12.1 Å². The predicted octanol–water partition coefficient (Wildman–Crippen LogP) is 4.86. The largest absolute Gasteiger partial charge is 0.490 e. The van der Waals surface area contributed by atoms with Gasteiger partial charge in [-0.3, -0.25) is 0 Å².